The Bertz CT molecular complexity index is 262. The number of esters is 1. The van der Waals surface area contributed by atoms with E-state index in [2.05, 4.69) is 16.8 Å². The highest BCUT2D eigenvalue weighted by molar-refractivity contribution is 5.76. The van der Waals surface area contributed by atoms with E-state index < -0.39 is 0 Å². The van der Waals surface area contributed by atoms with Crippen LogP contribution < -0.4 is 0 Å². The summed E-state index contributed by atoms with van der Waals surface area (Å²) in [7, 11) is 2.17. The first-order valence-corrected chi connectivity index (χ1v) is 6.83. The normalized spacial score (nSPS) is 28.5. The van der Waals surface area contributed by atoms with Crippen LogP contribution in [-0.2, 0) is 9.53 Å². The third kappa shape index (κ3) is 2.99. The Balaban J connectivity index is 1.92. The van der Waals surface area contributed by atoms with Crippen molar-refractivity contribution in [2.45, 2.75) is 44.7 Å². The fraction of sp³-hybridized carbons (Fsp3) is 0.923. The van der Waals surface area contributed by atoms with Gasteiger partial charge < -0.3 is 9.64 Å². The third-order valence-electron chi connectivity index (χ3n) is 4.01. The lowest BCUT2D eigenvalue weighted by Crippen LogP contribution is -2.48. The van der Waals surface area contributed by atoms with Crippen LogP contribution in [0.1, 0.15) is 32.6 Å². The highest BCUT2D eigenvalue weighted by Crippen LogP contribution is 2.26. The Morgan fingerprint density at radius 1 is 1.24 bits per heavy atom. The van der Waals surface area contributed by atoms with E-state index in [0.29, 0.717) is 12.6 Å². The summed E-state index contributed by atoms with van der Waals surface area (Å²) in [6, 6.07) is 0.617. The molecule has 2 fully saturated rings. The second kappa shape index (κ2) is 5.83. The van der Waals surface area contributed by atoms with Crippen molar-refractivity contribution >= 4 is 5.97 Å². The summed E-state index contributed by atoms with van der Waals surface area (Å²) in [5.74, 6) is -0.0103. The number of carbonyl (C=O) groups excluding carboxylic acids is 1. The Kier molecular flexibility index (Phi) is 4.40. The van der Waals surface area contributed by atoms with Crippen LogP contribution in [0.5, 0.6) is 0 Å². The van der Waals surface area contributed by atoms with Gasteiger partial charge in [0.05, 0.1) is 6.61 Å². The van der Waals surface area contributed by atoms with Crippen molar-refractivity contribution in [3.63, 3.8) is 0 Å². The summed E-state index contributed by atoms with van der Waals surface area (Å²) in [4.78, 5) is 16.6. The van der Waals surface area contributed by atoms with Crippen LogP contribution in [0.4, 0.5) is 0 Å². The lowest BCUT2D eigenvalue weighted by Gasteiger charge is -2.37. The molecular formula is C13H24N2O2. The lowest BCUT2D eigenvalue weighted by molar-refractivity contribution is -0.149. The fourth-order valence-electron chi connectivity index (χ4n) is 3.04. The topological polar surface area (TPSA) is 32.8 Å². The zero-order valence-corrected chi connectivity index (χ0v) is 11.0. The Labute approximate surface area is 104 Å². The van der Waals surface area contributed by atoms with Gasteiger partial charge >= 0.3 is 5.97 Å². The van der Waals surface area contributed by atoms with Gasteiger partial charge in [-0.2, -0.15) is 0 Å². The van der Waals surface area contributed by atoms with Crippen molar-refractivity contribution in [1.29, 1.82) is 0 Å². The van der Waals surface area contributed by atoms with Gasteiger partial charge in [-0.1, -0.05) is 0 Å². The van der Waals surface area contributed by atoms with E-state index in [4.69, 9.17) is 4.74 Å². The van der Waals surface area contributed by atoms with Crippen molar-refractivity contribution in [1.82, 2.24) is 9.80 Å². The number of rotatable bonds is 3. The van der Waals surface area contributed by atoms with Gasteiger partial charge in [0.1, 0.15) is 6.04 Å². The summed E-state index contributed by atoms with van der Waals surface area (Å²) in [5, 5.41) is 0. The summed E-state index contributed by atoms with van der Waals surface area (Å²) in [6.45, 7) is 5.74. The summed E-state index contributed by atoms with van der Waals surface area (Å²) >= 11 is 0. The molecule has 2 aliphatic rings. The van der Waals surface area contributed by atoms with Gasteiger partial charge in [0.25, 0.3) is 0 Å². The molecule has 17 heavy (non-hydrogen) atoms. The highest BCUT2D eigenvalue weighted by Gasteiger charge is 2.36. The van der Waals surface area contributed by atoms with Gasteiger partial charge in [0, 0.05) is 6.04 Å². The van der Waals surface area contributed by atoms with Gasteiger partial charge in [-0.05, 0) is 59.3 Å². The van der Waals surface area contributed by atoms with E-state index in [-0.39, 0.29) is 12.0 Å². The van der Waals surface area contributed by atoms with Crippen molar-refractivity contribution in [2.75, 3.05) is 33.3 Å². The quantitative estimate of drug-likeness (QED) is 0.692. The molecule has 0 aromatic heterocycles. The average Bonchev–Trinajstić information content (AvgIpc) is 2.79. The van der Waals surface area contributed by atoms with Crippen molar-refractivity contribution in [2.24, 2.45) is 0 Å². The molecule has 2 saturated heterocycles. The first-order chi connectivity index (χ1) is 8.22. The summed E-state index contributed by atoms with van der Waals surface area (Å²) < 4.78 is 5.18. The van der Waals surface area contributed by atoms with Gasteiger partial charge in [-0.15, -0.1) is 0 Å². The standard InChI is InChI=1S/C13H24N2O2/c1-3-17-13(16)12-5-4-8-15(12)11-6-9-14(2)10-7-11/h11-12H,3-10H2,1-2H3. The number of piperidine rings is 1. The van der Waals surface area contributed by atoms with E-state index in [1.54, 1.807) is 0 Å². The number of nitrogens with zero attached hydrogens (tertiary/aromatic N) is 2. The summed E-state index contributed by atoms with van der Waals surface area (Å²) in [6.07, 6.45) is 4.49. The van der Waals surface area contributed by atoms with Crippen LogP contribution in [0.2, 0.25) is 0 Å². The average molecular weight is 240 g/mol. The highest BCUT2D eigenvalue weighted by atomic mass is 16.5. The Hall–Kier alpha value is -0.610. The molecule has 2 rings (SSSR count). The smallest absolute Gasteiger partial charge is 0.323 e. The molecule has 0 radical (unpaired) electrons. The molecule has 98 valence electrons. The molecule has 0 aromatic carbocycles. The maximum atomic E-state index is 11.9. The van der Waals surface area contributed by atoms with Gasteiger partial charge in [0.2, 0.25) is 0 Å². The summed E-state index contributed by atoms with van der Waals surface area (Å²) in [5.41, 5.74) is 0. The second-order valence-electron chi connectivity index (χ2n) is 5.18. The predicted molar refractivity (Wildman–Crippen MR) is 66.9 cm³/mol. The second-order valence-corrected chi connectivity index (χ2v) is 5.18. The molecule has 0 bridgehead atoms. The molecule has 0 aliphatic carbocycles. The van der Waals surface area contributed by atoms with Crippen LogP contribution in [-0.4, -0.2) is 61.1 Å². The number of hydrogen-bond acceptors (Lipinski definition) is 4. The van der Waals surface area contributed by atoms with Crippen molar-refractivity contribution in [3.8, 4) is 0 Å². The lowest BCUT2D eigenvalue weighted by atomic mass is 10.0. The molecule has 4 heteroatoms. The molecule has 0 spiro atoms. The van der Waals surface area contributed by atoms with Gasteiger partial charge in [0.15, 0.2) is 0 Å². The van der Waals surface area contributed by atoms with E-state index in [0.717, 1.165) is 32.5 Å². The molecule has 0 N–H and O–H groups in total. The number of ether oxygens (including phenoxy) is 1. The molecule has 2 heterocycles. The molecule has 0 saturated carbocycles. The molecule has 1 atom stereocenters. The Morgan fingerprint density at radius 2 is 1.94 bits per heavy atom. The van der Waals surface area contributed by atoms with E-state index in [1.165, 1.54) is 12.8 Å². The predicted octanol–water partition coefficient (Wildman–Crippen LogP) is 1.11. The van der Waals surface area contributed by atoms with E-state index in [1.807, 2.05) is 6.92 Å². The minimum absolute atomic E-state index is 0.0103. The minimum Gasteiger partial charge on any atom is -0.465 e. The Morgan fingerprint density at radius 3 is 2.59 bits per heavy atom. The number of likely N-dealkylation sites (tertiary alicyclic amines) is 2. The van der Waals surface area contributed by atoms with Crippen LogP contribution >= 0.6 is 0 Å². The fourth-order valence-corrected chi connectivity index (χ4v) is 3.04. The maximum absolute atomic E-state index is 11.9. The van der Waals surface area contributed by atoms with Crippen molar-refractivity contribution < 1.29 is 9.53 Å². The third-order valence-corrected chi connectivity index (χ3v) is 4.01. The molecule has 1 unspecified atom stereocenters. The molecule has 4 nitrogen and oxygen atoms in total. The van der Waals surface area contributed by atoms with E-state index >= 15 is 0 Å². The van der Waals surface area contributed by atoms with Crippen molar-refractivity contribution in [3.05, 3.63) is 0 Å². The molecule has 2 aliphatic heterocycles. The maximum Gasteiger partial charge on any atom is 0.323 e. The largest absolute Gasteiger partial charge is 0.465 e. The van der Waals surface area contributed by atoms with Crippen LogP contribution in [0.3, 0.4) is 0 Å². The SMILES string of the molecule is CCOC(=O)C1CCCN1C1CCN(C)CC1. The number of carbonyl (C=O) groups is 1. The van der Waals surface area contributed by atoms with Gasteiger partial charge in [-0.25, -0.2) is 0 Å². The first kappa shape index (κ1) is 12.8. The number of hydrogen-bond donors (Lipinski definition) is 0. The first-order valence-electron chi connectivity index (χ1n) is 6.83. The zero-order chi connectivity index (χ0) is 12.3. The zero-order valence-electron chi connectivity index (χ0n) is 11.0. The van der Waals surface area contributed by atoms with Gasteiger partial charge in [-0.3, -0.25) is 9.69 Å². The molecular weight excluding hydrogens is 216 g/mol. The molecule has 0 amide bonds. The van der Waals surface area contributed by atoms with Crippen LogP contribution in [0, 0.1) is 0 Å². The van der Waals surface area contributed by atoms with E-state index in [9.17, 15) is 4.79 Å². The minimum atomic E-state index is -0.0103. The monoisotopic (exact) mass is 240 g/mol. The molecule has 0 aromatic rings. The van der Waals surface area contributed by atoms with Crippen LogP contribution in [0.15, 0.2) is 0 Å². The van der Waals surface area contributed by atoms with Crippen LogP contribution in [0.25, 0.3) is 0 Å².